The fourth-order valence-corrected chi connectivity index (χ4v) is 2.14. The molecule has 6 heteroatoms. The molecule has 0 fully saturated rings. The van der Waals surface area contributed by atoms with Crippen LogP contribution in [0.25, 0.3) is 0 Å². The fourth-order valence-electron chi connectivity index (χ4n) is 1.37. The van der Waals surface area contributed by atoms with E-state index in [1.807, 2.05) is 11.4 Å². The third-order valence-electron chi connectivity index (χ3n) is 2.23. The van der Waals surface area contributed by atoms with Crippen LogP contribution in [0.2, 0.25) is 0 Å². The van der Waals surface area contributed by atoms with Crippen molar-refractivity contribution < 1.29 is 4.79 Å². The Hall–Kier alpha value is -2.10. The largest absolute Gasteiger partial charge is 0.346 e. The Kier molecular flexibility index (Phi) is 4.12. The van der Waals surface area contributed by atoms with Crippen molar-refractivity contribution in [3.8, 4) is 11.8 Å². The lowest BCUT2D eigenvalue weighted by Crippen LogP contribution is -2.23. The molecule has 2 aromatic rings. The van der Waals surface area contributed by atoms with E-state index in [4.69, 9.17) is 5.73 Å². The maximum absolute atomic E-state index is 11.7. The zero-order valence-electron chi connectivity index (χ0n) is 9.56. The summed E-state index contributed by atoms with van der Waals surface area (Å²) in [5.74, 6) is 5.60. The van der Waals surface area contributed by atoms with Gasteiger partial charge in [-0.1, -0.05) is 11.8 Å². The van der Waals surface area contributed by atoms with Crippen LogP contribution in [-0.2, 0) is 6.54 Å². The third-order valence-corrected chi connectivity index (χ3v) is 3.15. The van der Waals surface area contributed by atoms with Crippen LogP contribution >= 0.6 is 11.3 Å². The second kappa shape index (κ2) is 6.00. The zero-order chi connectivity index (χ0) is 12.8. The maximum Gasteiger partial charge on any atom is 0.269 e. The summed E-state index contributed by atoms with van der Waals surface area (Å²) in [4.78, 5) is 12.7. The molecule has 2 aromatic heterocycles. The highest BCUT2D eigenvalue weighted by molar-refractivity contribution is 7.10. The number of nitrogens with zero attached hydrogens (tertiary/aromatic N) is 1. The first kappa shape index (κ1) is 12.4. The van der Waals surface area contributed by atoms with E-state index in [2.05, 4.69) is 27.4 Å². The Morgan fingerprint density at radius 2 is 2.44 bits per heavy atom. The highest BCUT2D eigenvalue weighted by Crippen LogP contribution is 2.15. The number of nitrogens with two attached hydrogens (primary N) is 1. The number of amides is 1. The van der Waals surface area contributed by atoms with Crippen molar-refractivity contribution in [3.63, 3.8) is 0 Å². The van der Waals surface area contributed by atoms with Gasteiger partial charge < -0.3 is 11.1 Å². The van der Waals surface area contributed by atoms with Gasteiger partial charge in [-0.2, -0.15) is 5.10 Å². The van der Waals surface area contributed by atoms with Crippen LogP contribution in [0.1, 0.15) is 20.9 Å². The summed E-state index contributed by atoms with van der Waals surface area (Å²) in [5.41, 5.74) is 6.69. The molecule has 0 aliphatic heterocycles. The molecular weight excluding hydrogens is 248 g/mol. The number of aromatic nitrogens is 2. The maximum atomic E-state index is 11.7. The zero-order valence-corrected chi connectivity index (χ0v) is 10.4. The van der Waals surface area contributed by atoms with Gasteiger partial charge in [0.1, 0.15) is 5.69 Å². The minimum atomic E-state index is -0.182. The molecular formula is C12H12N4OS. The van der Waals surface area contributed by atoms with E-state index < -0.39 is 0 Å². The Morgan fingerprint density at radius 3 is 3.17 bits per heavy atom. The number of aromatic amines is 1. The van der Waals surface area contributed by atoms with Gasteiger partial charge in [0.05, 0.1) is 13.1 Å². The monoisotopic (exact) mass is 260 g/mol. The molecule has 92 valence electrons. The molecule has 0 saturated heterocycles. The van der Waals surface area contributed by atoms with E-state index in [-0.39, 0.29) is 5.91 Å². The van der Waals surface area contributed by atoms with Gasteiger partial charge in [0, 0.05) is 16.6 Å². The molecule has 0 aromatic carbocycles. The summed E-state index contributed by atoms with van der Waals surface area (Å²) in [6.45, 7) is 0.778. The molecule has 0 aliphatic rings. The summed E-state index contributed by atoms with van der Waals surface area (Å²) in [7, 11) is 0. The number of H-pyrrole nitrogens is 1. The van der Waals surface area contributed by atoms with Gasteiger partial charge in [0.25, 0.3) is 5.91 Å². The second-order valence-electron chi connectivity index (χ2n) is 3.42. The molecule has 2 heterocycles. The van der Waals surface area contributed by atoms with Crippen molar-refractivity contribution in [2.24, 2.45) is 5.73 Å². The van der Waals surface area contributed by atoms with Crippen LogP contribution in [0.3, 0.4) is 0 Å². The summed E-state index contributed by atoms with van der Waals surface area (Å²) >= 11 is 1.56. The van der Waals surface area contributed by atoms with Crippen molar-refractivity contribution in [3.05, 3.63) is 39.8 Å². The molecule has 0 spiro atoms. The van der Waals surface area contributed by atoms with E-state index in [0.717, 1.165) is 10.4 Å². The molecule has 0 radical (unpaired) electrons. The molecule has 0 atom stereocenters. The third kappa shape index (κ3) is 2.97. The van der Waals surface area contributed by atoms with E-state index in [0.29, 0.717) is 18.8 Å². The molecule has 4 N–H and O–H groups in total. The van der Waals surface area contributed by atoms with Gasteiger partial charge in [-0.05, 0) is 17.5 Å². The normalized spacial score (nSPS) is 9.61. The van der Waals surface area contributed by atoms with Gasteiger partial charge >= 0.3 is 0 Å². The Morgan fingerprint density at radius 1 is 1.56 bits per heavy atom. The van der Waals surface area contributed by atoms with E-state index in [1.54, 1.807) is 17.4 Å². The van der Waals surface area contributed by atoms with Crippen molar-refractivity contribution >= 4 is 17.2 Å². The average Bonchev–Trinajstić information content (AvgIpc) is 3.04. The topological polar surface area (TPSA) is 83.8 Å². The molecule has 0 bridgehead atoms. The number of hydrogen-bond donors (Lipinski definition) is 3. The Labute approximate surface area is 108 Å². The van der Waals surface area contributed by atoms with Crippen molar-refractivity contribution in [1.82, 2.24) is 15.5 Å². The number of carbonyl (C=O) groups is 1. The standard InChI is InChI=1S/C12H12N4OS/c13-5-1-2-9-4-7-18-11(9)8-14-12(17)10-3-6-15-16-10/h3-4,6-7H,5,8,13H2,(H,14,17)(H,15,16). The molecule has 5 nitrogen and oxygen atoms in total. The smallest absolute Gasteiger partial charge is 0.269 e. The van der Waals surface area contributed by atoms with Gasteiger partial charge in [-0.3, -0.25) is 9.89 Å². The summed E-state index contributed by atoms with van der Waals surface area (Å²) in [6, 6.07) is 3.55. The highest BCUT2D eigenvalue weighted by atomic mass is 32.1. The van der Waals surface area contributed by atoms with Gasteiger partial charge in [-0.25, -0.2) is 0 Å². The Bertz CT molecular complexity index is 577. The average molecular weight is 260 g/mol. The summed E-state index contributed by atoms with van der Waals surface area (Å²) in [5, 5.41) is 11.1. The van der Waals surface area contributed by atoms with Gasteiger partial charge in [-0.15, -0.1) is 11.3 Å². The SMILES string of the molecule is NCC#Cc1ccsc1CNC(=O)c1ccn[nH]1. The quantitative estimate of drug-likeness (QED) is 0.711. The lowest BCUT2D eigenvalue weighted by atomic mass is 10.2. The molecule has 18 heavy (non-hydrogen) atoms. The molecule has 2 rings (SSSR count). The number of nitrogens with one attached hydrogen (secondary N) is 2. The number of carbonyl (C=O) groups excluding carboxylic acids is 1. The number of rotatable bonds is 3. The lowest BCUT2D eigenvalue weighted by molar-refractivity contribution is 0.0946. The van der Waals surface area contributed by atoms with E-state index >= 15 is 0 Å². The number of thiophene rings is 1. The van der Waals surface area contributed by atoms with Crippen molar-refractivity contribution in [2.75, 3.05) is 6.54 Å². The molecule has 0 aliphatic carbocycles. The Balaban J connectivity index is 1.98. The van der Waals surface area contributed by atoms with Crippen LogP contribution < -0.4 is 11.1 Å². The fraction of sp³-hybridized carbons (Fsp3) is 0.167. The first-order valence-corrected chi connectivity index (χ1v) is 6.22. The molecule has 0 saturated carbocycles. The van der Waals surface area contributed by atoms with Crippen molar-refractivity contribution in [1.29, 1.82) is 0 Å². The van der Waals surface area contributed by atoms with Gasteiger partial charge in [0.2, 0.25) is 0 Å². The van der Waals surface area contributed by atoms with Crippen LogP contribution in [-0.4, -0.2) is 22.6 Å². The predicted molar refractivity (Wildman–Crippen MR) is 70.0 cm³/mol. The van der Waals surface area contributed by atoms with Crippen molar-refractivity contribution in [2.45, 2.75) is 6.54 Å². The summed E-state index contributed by atoms with van der Waals surface area (Å²) < 4.78 is 0. The van der Waals surface area contributed by atoms with Gasteiger partial charge in [0.15, 0.2) is 0 Å². The van der Waals surface area contributed by atoms with Crippen LogP contribution in [0, 0.1) is 11.8 Å². The minimum Gasteiger partial charge on any atom is -0.346 e. The predicted octanol–water partition coefficient (Wildman–Crippen LogP) is 0.711. The second-order valence-corrected chi connectivity index (χ2v) is 4.42. The molecule has 1 amide bonds. The van der Waals surface area contributed by atoms with Crippen LogP contribution in [0.5, 0.6) is 0 Å². The van der Waals surface area contributed by atoms with Crippen LogP contribution in [0.4, 0.5) is 0 Å². The molecule has 0 unspecified atom stereocenters. The first-order valence-electron chi connectivity index (χ1n) is 5.34. The lowest BCUT2D eigenvalue weighted by Gasteiger charge is -2.02. The first-order chi connectivity index (χ1) is 8.81. The highest BCUT2D eigenvalue weighted by Gasteiger charge is 2.08. The summed E-state index contributed by atoms with van der Waals surface area (Å²) in [6.07, 6.45) is 1.54. The number of hydrogen-bond acceptors (Lipinski definition) is 4. The van der Waals surface area contributed by atoms with Crippen LogP contribution in [0.15, 0.2) is 23.7 Å². The van der Waals surface area contributed by atoms with E-state index in [1.165, 1.54) is 6.20 Å². The minimum absolute atomic E-state index is 0.182. The van der Waals surface area contributed by atoms with E-state index in [9.17, 15) is 4.79 Å².